The van der Waals surface area contributed by atoms with E-state index in [1.807, 2.05) is 36.4 Å². The summed E-state index contributed by atoms with van der Waals surface area (Å²) in [5, 5.41) is 2.92. The Bertz CT molecular complexity index is 834. The minimum absolute atomic E-state index is 0.0668. The third kappa shape index (κ3) is 3.22. The van der Waals surface area contributed by atoms with Crippen molar-refractivity contribution in [1.82, 2.24) is 10.2 Å². The van der Waals surface area contributed by atoms with E-state index in [-0.39, 0.29) is 18.4 Å². The van der Waals surface area contributed by atoms with Crippen molar-refractivity contribution in [3.8, 4) is 11.5 Å². The van der Waals surface area contributed by atoms with Crippen molar-refractivity contribution in [3.63, 3.8) is 0 Å². The SMILES string of the molecule is COc1cccc(CNC(=O)C2c3ccccc3CC(=O)N2C)c1OC. The highest BCUT2D eigenvalue weighted by atomic mass is 16.5. The van der Waals surface area contributed by atoms with E-state index in [2.05, 4.69) is 5.32 Å². The van der Waals surface area contributed by atoms with Crippen LogP contribution in [0.1, 0.15) is 22.7 Å². The summed E-state index contributed by atoms with van der Waals surface area (Å²) in [5.41, 5.74) is 2.57. The maximum Gasteiger partial charge on any atom is 0.247 e. The molecule has 0 saturated heterocycles. The molecule has 0 radical (unpaired) electrons. The van der Waals surface area contributed by atoms with Crippen LogP contribution in [0.25, 0.3) is 0 Å². The summed E-state index contributed by atoms with van der Waals surface area (Å²) in [6, 6.07) is 12.4. The van der Waals surface area contributed by atoms with Gasteiger partial charge in [-0.15, -0.1) is 0 Å². The second-order valence-electron chi connectivity index (χ2n) is 6.15. The van der Waals surface area contributed by atoms with Crippen molar-refractivity contribution in [1.29, 1.82) is 0 Å². The topological polar surface area (TPSA) is 67.9 Å². The number of ether oxygens (including phenoxy) is 2. The fraction of sp³-hybridized carbons (Fsp3) is 0.300. The minimum atomic E-state index is -0.635. The lowest BCUT2D eigenvalue weighted by molar-refractivity contribution is -0.140. The van der Waals surface area contributed by atoms with E-state index < -0.39 is 6.04 Å². The number of rotatable bonds is 5. The number of hydrogen-bond acceptors (Lipinski definition) is 4. The van der Waals surface area contributed by atoms with Gasteiger partial charge in [-0.25, -0.2) is 0 Å². The van der Waals surface area contributed by atoms with Crippen LogP contribution in [-0.4, -0.2) is 38.0 Å². The molecule has 1 aliphatic heterocycles. The number of carbonyl (C=O) groups is 2. The molecule has 3 rings (SSSR count). The normalized spacial score (nSPS) is 16.0. The Kier molecular flexibility index (Phi) is 5.11. The van der Waals surface area contributed by atoms with Gasteiger partial charge < -0.3 is 19.7 Å². The first-order chi connectivity index (χ1) is 12.6. The summed E-state index contributed by atoms with van der Waals surface area (Å²) >= 11 is 0. The maximum atomic E-state index is 12.9. The summed E-state index contributed by atoms with van der Waals surface area (Å²) in [5.74, 6) is 0.902. The fourth-order valence-electron chi connectivity index (χ4n) is 3.29. The third-order valence-electron chi connectivity index (χ3n) is 4.66. The smallest absolute Gasteiger partial charge is 0.247 e. The molecule has 0 aromatic heterocycles. The van der Waals surface area contributed by atoms with Gasteiger partial charge in [-0.2, -0.15) is 0 Å². The van der Waals surface area contributed by atoms with Gasteiger partial charge in [0, 0.05) is 19.2 Å². The van der Waals surface area contributed by atoms with Crippen LogP contribution in [0.3, 0.4) is 0 Å². The molecule has 1 unspecified atom stereocenters. The lowest BCUT2D eigenvalue weighted by Crippen LogP contribution is -2.45. The van der Waals surface area contributed by atoms with Gasteiger partial charge in [0.2, 0.25) is 11.8 Å². The number of para-hydroxylation sites is 1. The Balaban J connectivity index is 1.82. The second-order valence-corrected chi connectivity index (χ2v) is 6.15. The van der Waals surface area contributed by atoms with Gasteiger partial charge in [0.1, 0.15) is 6.04 Å². The largest absolute Gasteiger partial charge is 0.493 e. The molecule has 1 heterocycles. The number of hydrogen-bond donors (Lipinski definition) is 1. The molecule has 0 spiro atoms. The van der Waals surface area contributed by atoms with Crippen LogP contribution >= 0.6 is 0 Å². The molecule has 0 bridgehead atoms. The number of carbonyl (C=O) groups excluding carboxylic acids is 2. The molecule has 1 aliphatic rings. The third-order valence-corrected chi connectivity index (χ3v) is 4.66. The summed E-state index contributed by atoms with van der Waals surface area (Å²) in [7, 11) is 4.79. The van der Waals surface area contributed by atoms with E-state index in [1.54, 1.807) is 27.3 Å². The molecular weight excluding hydrogens is 332 g/mol. The average molecular weight is 354 g/mol. The van der Waals surface area contributed by atoms with Gasteiger partial charge in [-0.05, 0) is 17.2 Å². The number of amides is 2. The van der Waals surface area contributed by atoms with Crippen LogP contribution in [0.2, 0.25) is 0 Å². The van der Waals surface area contributed by atoms with Crippen LogP contribution in [0.4, 0.5) is 0 Å². The monoisotopic (exact) mass is 354 g/mol. The van der Waals surface area contributed by atoms with E-state index in [0.717, 1.165) is 16.7 Å². The molecule has 2 aromatic rings. The molecule has 1 N–H and O–H groups in total. The zero-order valence-corrected chi connectivity index (χ0v) is 15.1. The van der Waals surface area contributed by atoms with Crippen molar-refractivity contribution < 1.29 is 19.1 Å². The Morgan fingerprint density at radius 3 is 2.65 bits per heavy atom. The van der Waals surface area contributed by atoms with Crippen LogP contribution in [-0.2, 0) is 22.6 Å². The molecule has 1 atom stereocenters. The summed E-state index contributed by atoms with van der Waals surface area (Å²) in [6.45, 7) is 0.278. The Labute approximate surface area is 152 Å². The summed E-state index contributed by atoms with van der Waals surface area (Å²) in [6.07, 6.45) is 0.320. The molecular formula is C20H22N2O4. The molecule has 2 aromatic carbocycles. The number of methoxy groups -OCH3 is 2. The van der Waals surface area contributed by atoms with Gasteiger partial charge in [0.25, 0.3) is 0 Å². The Morgan fingerprint density at radius 1 is 1.15 bits per heavy atom. The Morgan fingerprint density at radius 2 is 1.92 bits per heavy atom. The lowest BCUT2D eigenvalue weighted by Gasteiger charge is -2.33. The predicted molar refractivity (Wildman–Crippen MR) is 97.0 cm³/mol. The minimum Gasteiger partial charge on any atom is -0.493 e. The summed E-state index contributed by atoms with van der Waals surface area (Å²) in [4.78, 5) is 26.6. The highest BCUT2D eigenvalue weighted by Crippen LogP contribution is 2.32. The lowest BCUT2D eigenvalue weighted by atomic mass is 9.92. The van der Waals surface area contributed by atoms with Crippen LogP contribution in [0, 0.1) is 0 Å². The van der Waals surface area contributed by atoms with E-state index in [0.29, 0.717) is 17.9 Å². The fourth-order valence-corrected chi connectivity index (χ4v) is 3.29. The zero-order valence-electron chi connectivity index (χ0n) is 15.1. The van der Waals surface area contributed by atoms with Gasteiger partial charge in [0.15, 0.2) is 11.5 Å². The molecule has 0 aliphatic carbocycles. The summed E-state index contributed by atoms with van der Waals surface area (Å²) < 4.78 is 10.7. The molecule has 2 amide bonds. The van der Waals surface area contributed by atoms with Crippen LogP contribution < -0.4 is 14.8 Å². The molecule has 6 heteroatoms. The molecule has 136 valence electrons. The number of fused-ring (bicyclic) bond motifs is 1. The van der Waals surface area contributed by atoms with Crippen molar-refractivity contribution in [2.45, 2.75) is 19.0 Å². The molecule has 0 fully saturated rings. The highest BCUT2D eigenvalue weighted by Gasteiger charge is 2.34. The first kappa shape index (κ1) is 17.8. The number of nitrogens with one attached hydrogen (secondary N) is 1. The van der Waals surface area contributed by atoms with Crippen molar-refractivity contribution in [3.05, 3.63) is 59.2 Å². The standard InChI is InChI=1S/C20H22N2O4/c1-22-17(23)11-13-7-4-5-9-15(13)18(22)20(24)21-12-14-8-6-10-16(25-2)19(14)26-3/h4-10,18H,11-12H2,1-3H3,(H,21,24). The molecule has 6 nitrogen and oxygen atoms in total. The van der Waals surface area contributed by atoms with Gasteiger partial charge >= 0.3 is 0 Å². The number of likely N-dealkylation sites (N-methyl/N-ethyl adjacent to an activating group) is 1. The molecule has 26 heavy (non-hydrogen) atoms. The second kappa shape index (κ2) is 7.47. The maximum absolute atomic E-state index is 12.9. The van der Waals surface area contributed by atoms with Crippen LogP contribution in [0.15, 0.2) is 42.5 Å². The highest BCUT2D eigenvalue weighted by molar-refractivity contribution is 5.92. The van der Waals surface area contributed by atoms with E-state index >= 15 is 0 Å². The van der Waals surface area contributed by atoms with Gasteiger partial charge in [0.05, 0.1) is 20.6 Å². The van der Waals surface area contributed by atoms with Crippen molar-refractivity contribution in [2.75, 3.05) is 21.3 Å². The van der Waals surface area contributed by atoms with Crippen LogP contribution in [0.5, 0.6) is 11.5 Å². The Hall–Kier alpha value is -3.02. The number of nitrogens with zero attached hydrogens (tertiary/aromatic N) is 1. The quantitative estimate of drug-likeness (QED) is 0.893. The van der Waals surface area contributed by atoms with Crippen molar-refractivity contribution >= 4 is 11.8 Å². The van der Waals surface area contributed by atoms with Crippen molar-refractivity contribution in [2.24, 2.45) is 0 Å². The first-order valence-electron chi connectivity index (χ1n) is 8.37. The predicted octanol–water partition coefficient (Wildman–Crippen LogP) is 2.08. The van der Waals surface area contributed by atoms with E-state index in [9.17, 15) is 9.59 Å². The van der Waals surface area contributed by atoms with Gasteiger partial charge in [-0.1, -0.05) is 36.4 Å². The van der Waals surface area contributed by atoms with E-state index in [4.69, 9.17) is 9.47 Å². The number of benzene rings is 2. The first-order valence-corrected chi connectivity index (χ1v) is 8.37. The zero-order chi connectivity index (χ0) is 18.7. The average Bonchev–Trinajstić information content (AvgIpc) is 2.66. The van der Waals surface area contributed by atoms with Gasteiger partial charge in [-0.3, -0.25) is 9.59 Å². The van der Waals surface area contributed by atoms with E-state index in [1.165, 1.54) is 4.90 Å². The molecule has 0 saturated carbocycles.